The van der Waals surface area contributed by atoms with Gasteiger partial charge in [0.05, 0.1) is 28.6 Å². The van der Waals surface area contributed by atoms with Gasteiger partial charge in [-0.2, -0.15) is 0 Å². The van der Waals surface area contributed by atoms with Crippen LogP contribution >= 0.6 is 11.3 Å². The normalized spacial score (nSPS) is 14.0. The SMILES string of the molecule is C=CC(=O)Nc1cc(NCc2nccs2)cc(-c2ccc(C(N)=O)c3[nH]c(C4=CCN(S(C)=O)CC4)cc23)c1.CC. The number of anilines is 2. The summed E-state index contributed by atoms with van der Waals surface area (Å²) in [5.41, 5.74) is 11.9. The molecule has 5 rings (SSSR count). The summed E-state index contributed by atoms with van der Waals surface area (Å²) in [6.07, 6.45) is 7.45. The molecule has 1 atom stereocenters. The predicted molar refractivity (Wildman–Crippen MR) is 170 cm³/mol. The van der Waals surface area contributed by atoms with Gasteiger partial charge >= 0.3 is 0 Å². The molecule has 2 aromatic carbocycles. The van der Waals surface area contributed by atoms with Crippen LogP contribution < -0.4 is 16.4 Å². The fourth-order valence-electron chi connectivity index (χ4n) is 4.65. The lowest BCUT2D eigenvalue weighted by molar-refractivity contribution is -0.111. The quantitative estimate of drug-likeness (QED) is 0.190. The summed E-state index contributed by atoms with van der Waals surface area (Å²) >= 11 is 1.56. The highest BCUT2D eigenvalue weighted by Crippen LogP contribution is 2.37. The molecule has 3 heterocycles. The van der Waals surface area contributed by atoms with E-state index < -0.39 is 16.9 Å². The molecule has 11 heteroatoms. The topological polar surface area (TPSA) is 133 Å². The summed E-state index contributed by atoms with van der Waals surface area (Å²) in [6.45, 7) is 9.35. The molecule has 0 radical (unpaired) electrons. The summed E-state index contributed by atoms with van der Waals surface area (Å²) in [5, 5.41) is 9.93. The Bertz CT molecular complexity index is 1620. The van der Waals surface area contributed by atoms with Gasteiger partial charge in [0.1, 0.15) is 5.01 Å². The maximum absolute atomic E-state index is 12.3. The van der Waals surface area contributed by atoms with Gasteiger partial charge in [-0.25, -0.2) is 13.5 Å². The van der Waals surface area contributed by atoms with Crippen LogP contribution in [0.15, 0.2) is 66.7 Å². The first-order valence-electron chi connectivity index (χ1n) is 13.3. The number of fused-ring (bicyclic) bond motifs is 1. The number of amides is 2. The number of rotatable bonds is 9. The molecule has 0 fully saturated rings. The Morgan fingerprint density at radius 1 is 1.22 bits per heavy atom. The van der Waals surface area contributed by atoms with Gasteiger partial charge in [0.2, 0.25) is 5.91 Å². The highest BCUT2D eigenvalue weighted by atomic mass is 32.2. The van der Waals surface area contributed by atoms with Gasteiger partial charge in [0.15, 0.2) is 0 Å². The number of aromatic amines is 1. The van der Waals surface area contributed by atoms with E-state index in [-0.39, 0.29) is 5.91 Å². The third-order valence-electron chi connectivity index (χ3n) is 6.56. The number of carbonyl (C=O) groups is 2. The zero-order chi connectivity index (χ0) is 29.5. The summed E-state index contributed by atoms with van der Waals surface area (Å²) in [6, 6.07) is 11.4. The first kappa shape index (κ1) is 29.9. The maximum atomic E-state index is 12.3. The molecule has 5 N–H and O–H groups in total. The summed E-state index contributed by atoms with van der Waals surface area (Å²) in [5.74, 6) is -0.842. The third kappa shape index (κ3) is 6.99. The van der Waals surface area contributed by atoms with E-state index in [0.29, 0.717) is 36.4 Å². The van der Waals surface area contributed by atoms with Crippen molar-refractivity contribution in [3.63, 3.8) is 0 Å². The van der Waals surface area contributed by atoms with Crippen molar-refractivity contribution in [3.8, 4) is 11.1 Å². The monoisotopic (exact) mass is 590 g/mol. The Kier molecular flexibility index (Phi) is 9.87. The molecule has 9 nitrogen and oxygen atoms in total. The van der Waals surface area contributed by atoms with Crippen LogP contribution in [0.5, 0.6) is 0 Å². The van der Waals surface area contributed by atoms with E-state index in [1.807, 2.05) is 53.9 Å². The zero-order valence-corrected chi connectivity index (χ0v) is 25.0. The van der Waals surface area contributed by atoms with E-state index in [9.17, 15) is 13.8 Å². The molecule has 0 spiro atoms. The van der Waals surface area contributed by atoms with E-state index in [0.717, 1.165) is 44.9 Å². The van der Waals surface area contributed by atoms with Gasteiger partial charge < -0.3 is 21.4 Å². The molecule has 1 aliphatic heterocycles. The van der Waals surface area contributed by atoms with Crippen LogP contribution in [0.3, 0.4) is 0 Å². The molecule has 1 unspecified atom stereocenters. The van der Waals surface area contributed by atoms with Crippen LogP contribution in [-0.2, 0) is 22.3 Å². The number of benzene rings is 2. The van der Waals surface area contributed by atoms with Crippen molar-refractivity contribution in [2.45, 2.75) is 26.8 Å². The minimum Gasteiger partial charge on any atom is -0.378 e. The molecular weight excluding hydrogens is 557 g/mol. The zero-order valence-electron chi connectivity index (χ0n) is 23.3. The van der Waals surface area contributed by atoms with E-state index >= 15 is 0 Å². The van der Waals surface area contributed by atoms with Crippen molar-refractivity contribution in [1.82, 2.24) is 14.3 Å². The van der Waals surface area contributed by atoms with Gasteiger partial charge in [-0.3, -0.25) is 9.59 Å². The molecule has 2 amide bonds. The second-order valence-corrected chi connectivity index (χ2v) is 11.4. The van der Waals surface area contributed by atoms with Crippen molar-refractivity contribution in [2.75, 3.05) is 30.0 Å². The Morgan fingerprint density at radius 3 is 2.63 bits per heavy atom. The van der Waals surface area contributed by atoms with E-state index in [1.54, 1.807) is 29.9 Å². The first-order chi connectivity index (χ1) is 19.8. The standard InChI is InChI=1S/C28H28N6O3S2.C2H6/c1-3-25(35)32-20-13-18(12-19(14-20)31-16-26-30-8-11-38-26)21-4-5-22(28(29)36)27-23(21)15-24(33-27)17-6-9-34(10-7-17)39(2)37;1-2/h3-6,8,11-15,31,33H,1,7,9-10,16H2,2H3,(H2,29,36)(H,32,35);1-2H3. The fraction of sp³-hybridized carbons (Fsp3) is 0.233. The lowest BCUT2D eigenvalue weighted by Crippen LogP contribution is -2.29. The van der Waals surface area contributed by atoms with Crippen LogP contribution in [0.25, 0.3) is 27.6 Å². The molecule has 0 aliphatic carbocycles. The van der Waals surface area contributed by atoms with Crippen molar-refractivity contribution in [3.05, 3.63) is 83.0 Å². The van der Waals surface area contributed by atoms with Gasteiger partial charge in [-0.15, -0.1) is 11.3 Å². The largest absolute Gasteiger partial charge is 0.378 e. The van der Waals surface area contributed by atoms with Crippen LogP contribution in [0.4, 0.5) is 11.4 Å². The second-order valence-electron chi connectivity index (χ2n) is 9.06. The highest BCUT2D eigenvalue weighted by Gasteiger charge is 2.20. The van der Waals surface area contributed by atoms with E-state index in [2.05, 4.69) is 33.3 Å². The Morgan fingerprint density at radius 2 is 2.00 bits per heavy atom. The van der Waals surface area contributed by atoms with Crippen molar-refractivity contribution < 1.29 is 13.8 Å². The molecular formula is C30H34N6O3S2. The number of nitrogens with two attached hydrogens (primary N) is 1. The molecule has 0 saturated carbocycles. The predicted octanol–water partition coefficient (Wildman–Crippen LogP) is 5.54. The van der Waals surface area contributed by atoms with Crippen LogP contribution in [0.1, 0.15) is 41.3 Å². The van der Waals surface area contributed by atoms with E-state index in [4.69, 9.17) is 5.73 Å². The van der Waals surface area contributed by atoms with Crippen LogP contribution in [0.2, 0.25) is 0 Å². The minimum atomic E-state index is -1.03. The highest BCUT2D eigenvalue weighted by molar-refractivity contribution is 7.81. The average Bonchev–Trinajstić information content (AvgIpc) is 3.67. The number of primary amides is 1. The van der Waals surface area contributed by atoms with Crippen LogP contribution in [0, 0.1) is 0 Å². The fourth-order valence-corrected chi connectivity index (χ4v) is 5.84. The number of nitrogens with zero attached hydrogens (tertiary/aromatic N) is 2. The lowest BCUT2D eigenvalue weighted by Gasteiger charge is -2.23. The van der Waals surface area contributed by atoms with Crippen molar-refractivity contribution in [1.29, 1.82) is 0 Å². The number of thiazole rings is 1. The Balaban J connectivity index is 0.00000189. The van der Waals surface area contributed by atoms with Crippen LogP contribution in [-0.4, -0.2) is 49.6 Å². The number of nitrogens with one attached hydrogen (secondary N) is 3. The molecule has 0 saturated heterocycles. The smallest absolute Gasteiger partial charge is 0.250 e. The van der Waals surface area contributed by atoms with Crippen molar-refractivity contribution >= 4 is 62.0 Å². The molecule has 0 bridgehead atoms. The molecule has 214 valence electrons. The Labute approximate surface area is 246 Å². The third-order valence-corrected chi connectivity index (χ3v) is 8.40. The molecule has 4 aromatic rings. The first-order valence-corrected chi connectivity index (χ1v) is 15.7. The van der Waals surface area contributed by atoms with E-state index in [1.165, 1.54) is 6.08 Å². The minimum absolute atomic E-state index is 0.317. The molecule has 2 aromatic heterocycles. The van der Waals surface area contributed by atoms with Gasteiger partial charge in [0.25, 0.3) is 5.91 Å². The summed E-state index contributed by atoms with van der Waals surface area (Å²) in [4.78, 5) is 32.2. The van der Waals surface area contributed by atoms with Gasteiger partial charge in [0, 0.05) is 53.4 Å². The Hall–Kier alpha value is -4.06. The summed E-state index contributed by atoms with van der Waals surface area (Å²) < 4.78 is 13.8. The molecule has 41 heavy (non-hydrogen) atoms. The maximum Gasteiger partial charge on any atom is 0.250 e. The van der Waals surface area contributed by atoms with Crippen molar-refractivity contribution in [2.24, 2.45) is 5.73 Å². The number of aromatic nitrogens is 2. The number of H-pyrrole nitrogens is 1. The summed E-state index contributed by atoms with van der Waals surface area (Å²) in [7, 11) is -1.03. The second kappa shape index (κ2) is 13.5. The van der Waals surface area contributed by atoms with Gasteiger partial charge in [-0.1, -0.05) is 32.6 Å². The molecule has 1 aliphatic rings. The number of carbonyl (C=O) groups excluding carboxylic acids is 2. The lowest BCUT2D eigenvalue weighted by atomic mass is 9.97. The number of hydrogen-bond donors (Lipinski definition) is 4. The number of hydrogen-bond acceptors (Lipinski definition) is 6. The average molecular weight is 591 g/mol. The van der Waals surface area contributed by atoms with Gasteiger partial charge in [-0.05, 0) is 59.5 Å².